The number of rotatable bonds is 5. The minimum atomic E-state index is -0.363. The molecule has 4 nitrogen and oxygen atoms in total. The molecule has 1 rings (SSSR count). The van der Waals surface area contributed by atoms with Crippen molar-refractivity contribution in [3.63, 3.8) is 0 Å². The molecule has 0 heterocycles. The van der Waals surface area contributed by atoms with E-state index in [4.69, 9.17) is 0 Å². The molecule has 0 saturated carbocycles. The van der Waals surface area contributed by atoms with Crippen molar-refractivity contribution >= 4 is 11.4 Å². The van der Waals surface area contributed by atoms with Crippen molar-refractivity contribution in [3.05, 3.63) is 33.9 Å². The maximum Gasteiger partial charge on any atom is 0.271 e. The van der Waals surface area contributed by atoms with E-state index in [1.165, 1.54) is 6.07 Å². The maximum atomic E-state index is 10.8. The van der Waals surface area contributed by atoms with Crippen molar-refractivity contribution in [1.29, 1.82) is 0 Å². The summed E-state index contributed by atoms with van der Waals surface area (Å²) in [5.41, 5.74) is 2.15. The molecule has 0 fully saturated rings. The SMILES string of the molecule is Cc1ccc([N+](=O)[O-])cc1NCC(C)(C)C(C)C. The zero-order valence-corrected chi connectivity index (χ0v) is 11.8. The van der Waals surface area contributed by atoms with Gasteiger partial charge in [-0.3, -0.25) is 10.1 Å². The van der Waals surface area contributed by atoms with E-state index < -0.39 is 0 Å². The van der Waals surface area contributed by atoms with E-state index >= 15 is 0 Å². The molecule has 0 atom stereocenters. The Kier molecular flexibility index (Phi) is 4.33. The lowest BCUT2D eigenvalue weighted by Crippen LogP contribution is -2.28. The number of nitro benzene ring substituents is 1. The summed E-state index contributed by atoms with van der Waals surface area (Å²) in [6, 6.07) is 4.92. The largest absolute Gasteiger partial charge is 0.384 e. The van der Waals surface area contributed by atoms with Crippen molar-refractivity contribution in [1.82, 2.24) is 0 Å². The predicted molar refractivity (Wildman–Crippen MR) is 74.9 cm³/mol. The van der Waals surface area contributed by atoms with Crippen LogP contribution in [0.25, 0.3) is 0 Å². The number of anilines is 1. The van der Waals surface area contributed by atoms with Crippen molar-refractivity contribution in [2.75, 3.05) is 11.9 Å². The Morgan fingerprint density at radius 3 is 2.50 bits per heavy atom. The Balaban J connectivity index is 2.85. The smallest absolute Gasteiger partial charge is 0.271 e. The van der Waals surface area contributed by atoms with Crippen LogP contribution >= 0.6 is 0 Å². The van der Waals surface area contributed by atoms with Crippen LogP contribution in [0.4, 0.5) is 11.4 Å². The highest BCUT2D eigenvalue weighted by atomic mass is 16.6. The second-order valence-corrected chi connectivity index (χ2v) is 5.75. The fraction of sp³-hybridized carbons (Fsp3) is 0.571. The van der Waals surface area contributed by atoms with E-state index in [0.717, 1.165) is 17.8 Å². The van der Waals surface area contributed by atoms with Crippen LogP contribution in [0, 0.1) is 28.4 Å². The maximum absolute atomic E-state index is 10.8. The molecule has 0 amide bonds. The lowest BCUT2D eigenvalue weighted by molar-refractivity contribution is -0.384. The molecule has 0 aliphatic heterocycles. The highest BCUT2D eigenvalue weighted by Gasteiger charge is 2.22. The minimum absolute atomic E-state index is 0.130. The Hall–Kier alpha value is -1.58. The molecule has 0 bridgehead atoms. The number of nitro groups is 1. The normalized spacial score (nSPS) is 11.7. The molecule has 1 aromatic carbocycles. The van der Waals surface area contributed by atoms with Gasteiger partial charge in [0.25, 0.3) is 5.69 Å². The quantitative estimate of drug-likeness (QED) is 0.634. The van der Waals surface area contributed by atoms with Crippen molar-refractivity contribution < 1.29 is 4.92 Å². The van der Waals surface area contributed by atoms with Crippen LogP contribution in [-0.4, -0.2) is 11.5 Å². The molecule has 0 aromatic heterocycles. The van der Waals surface area contributed by atoms with Crippen LogP contribution in [0.15, 0.2) is 18.2 Å². The Labute approximate surface area is 109 Å². The number of benzene rings is 1. The summed E-state index contributed by atoms with van der Waals surface area (Å²) in [5.74, 6) is 0.545. The van der Waals surface area contributed by atoms with Crippen molar-refractivity contribution in [3.8, 4) is 0 Å². The fourth-order valence-electron chi connectivity index (χ4n) is 1.44. The van der Waals surface area contributed by atoms with Gasteiger partial charge in [-0.15, -0.1) is 0 Å². The summed E-state index contributed by atoms with van der Waals surface area (Å²) in [6.07, 6.45) is 0. The first-order valence-corrected chi connectivity index (χ1v) is 6.23. The third-order valence-corrected chi connectivity index (χ3v) is 3.73. The predicted octanol–water partition coefficient (Wildman–Crippen LogP) is 4.00. The van der Waals surface area contributed by atoms with E-state index in [-0.39, 0.29) is 16.0 Å². The second-order valence-electron chi connectivity index (χ2n) is 5.75. The summed E-state index contributed by atoms with van der Waals surface area (Å²) >= 11 is 0. The molecule has 4 heteroatoms. The molecule has 0 aliphatic rings. The molecule has 0 spiro atoms. The highest BCUT2D eigenvalue weighted by Crippen LogP contribution is 2.28. The van der Waals surface area contributed by atoms with E-state index in [1.807, 2.05) is 6.92 Å². The number of nitrogens with one attached hydrogen (secondary N) is 1. The van der Waals surface area contributed by atoms with Crippen LogP contribution in [0.2, 0.25) is 0 Å². The standard InChI is InChI=1S/C14H22N2O2/c1-10(2)14(4,5)9-15-13-8-12(16(17)18)7-6-11(13)3/h6-8,10,15H,9H2,1-5H3. The van der Waals surface area contributed by atoms with Crippen LogP contribution in [0.1, 0.15) is 33.3 Å². The Morgan fingerprint density at radius 1 is 1.39 bits per heavy atom. The average molecular weight is 250 g/mol. The first-order chi connectivity index (χ1) is 8.24. The molecule has 0 aliphatic carbocycles. The topological polar surface area (TPSA) is 55.2 Å². The molecule has 1 aromatic rings. The van der Waals surface area contributed by atoms with Gasteiger partial charge in [0.15, 0.2) is 0 Å². The average Bonchev–Trinajstić information content (AvgIpc) is 2.27. The summed E-state index contributed by atoms with van der Waals surface area (Å²) in [7, 11) is 0. The Bertz CT molecular complexity index is 439. The van der Waals surface area contributed by atoms with Gasteiger partial charge in [-0.05, 0) is 23.8 Å². The number of aryl methyl sites for hydroxylation is 1. The van der Waals surface area contributed by atoms with Gasteiger partial charge in [-0.25, -0.2) is 0 Å². The van der Waals surface area contributed by atoms with Gasteiger partial charge >= 0.3 is 0 Å². The molecule has 0 saturated heterocycles. The van der Waals surface area contributed by atoms with Gasteiger partial charge < -0.3 is 5.32 Å². The van der Waals surface area contributed by atoms with E-state index in [1.54, 1.807) is 12.1 Å². The molecule has 1 N–H and O–H groups in total. The Morgan fingerprint density at radius 2 is 2.00 bits per heavy atom. The van der Waals surface area contributed by atoms with Crippen LogP contribution < -0.4 is 5.32 Å². The van der Waals surface area contributed by atoms with Gasteiger partial charge in [-0.1, -0.05) is 33.8 Å². The fourth-order valence-corrected chi connectivity index (χ4v) is 1.44. The zero-order valence-electron chi connectivity index (χ0n) is 11.8. The van der Waals surface area contributed by atoms with E-state index in [9.17, 15) is 10.1 Å². The van der Waals surface area contributed by atoms with Gasteiger partial charge in [-0.2, -0.15) is 0 Å². The van der Waals surface area contributed by atoms with E-state index in [2.05, 4.69) is 33.0 Å². The number of hydrogen-bond acceptors (Lipinski definition) is 3. The molecule has 0 radical (unpaired) electrons. The second kappa shape index (κ2) is 5.38. The van der Waals surface area contributed by atoms with Crippen LogP contribution in [-0.2, 0) is 0 Å². The summed E-state index contributed by atoms with van der Waals surface area (Å²) < 4.78 is 0. The summed E-state index contributed by atoms with van der Waals surface area (Å²) in [6.45, 7) is 11.5. The third-order valence-electron chi connectivity index (χ3n) is 3.73. The monoisotopic (exact) mass is 250 g/mol. The zero-order chi connectivity index (χ0) is 13.9. The lowest BCUT2D eigenvalue weighted by atomic mass is 9.81. The molecular weight excluding hydrogens is 228 g/mol. The van der Waals surface area contributed by atoms with Gasteiger partial charge in [0.05, 0.1) is 4.92 Å². The number of nitrogens with zero attached hydrogens (tertiary/aromatic N) is 1. The van der Waals surface area contributed by atoms with Gasteiger partial charge in [0, 0.05) is 24.4 Å². The van der Waals surface area contributed by atoms with Crippen molar-refractivity contribution in [2.45, 2.75) is 34.6 Å². The number of non-ortho nitro benzene ring substituents is 1. The van der Waals surface area contributed by atoms with Crippen LogP contribution in [0.3, 0.4) is 0 Å². The molecule has 100 valence electrons. The van der Waals surface area contributed by atoms with Gasteiger partial charge in [0.2, 0.25) is 0 Å². The van der Waals surface area contributed by atoms with Crippen LogP contribution in [0.5, 0.6) is 0 Å². The lowest BCUT2D eigenvalue weighted by Gasteiger charge is -2.30. The summed E-state index contributed by atoms with van der Waals surface area (Å²) in [4.78, 5) is 10.4. The molecule has 18 heavy (non-hydrogen) atoms. The van der Waals surface area contributed by atoms with Gasteiger partial charge in [0.1, 0.15) is 0 Å². The first kappa shape index (κ1) is 14.5. The first-order valence-electron chi connectivity index (χ1n) is 6.23. The van der Waals surface area contributed by atoms with E-state index in [0.29, 0.717) is 5.92 Å². The highest BCUT2D eigenvalue weighted by molar-refractivity contribution is 5.56. The summed E-state index contributed by atoms with van der Waals surface area (Å²) in [5, 5.41) is 14.1. The number of hydrogen-bond donors (Lipinski definition) is 1. The molecule has 0 unspecified atom stereocenters. The third kappa shape index (κ3) is 3.45. The minimum Gasteiger partial charge on any atom is -0.384 e. The molecular formula is C14H22N2O2. The van der Waals surface area contributed by atoms with Crippen molar-refractivity contribution in [2.24, 2.45) is 11.3 Å².